The van der Waals surface area contributed by atoms with Crippen LogP contribution in [0.4, 0.5) is 0 Å². The van der Waals surface area contributed by atoms with Gasteiger partial charge >= 0.3 is 0 Å². The van der Waals surface area contributed by atoms with E-state index in [1.807, 2.05) is 19.2 Å². The Balaban J connectivity index is 1.98. The van der Waals surface area contributed by atoms with Crippen LogP contribution in [0.3, 0.4) is 0 Å². The summed E-state index contributed by atoms with van der Waals surface area (Å²) in [7, 11) is 3.72. The van der Waals surface area contributed by atoms with Gasteiger partial charge in [-0.1, -0.05) is 30.5 Å². The van der Waals surface area contributed by atoms with Gasteiger partial charge in [-0.2, -0.15) is 0 Å². The van der Waals surface area contributed by atoms with Crippen LogP contribution >= 0.6 is 11.6 Å². The highest BCUT2D eigenvalue weighted by molar-refractivity contribution is 6.31. The van der Waals surface area contributed by atoms with Crippen LogP contribution < -0.4 is 10.1 Å². The standard InChI is InChI=1S/C17H26ClNO/c1-19-12-11-17(8-3-4-9-17)10-7-14-5-6-15(20-2)13-16(14)18/h5-6,13,19H,3-4,7-12H2,1-2H3. The average Bonchev–Trinajstić information content (AvgIpc) is 2.93. The number of methoxy groups -OCH3 is 1. The predicted molar refractivity (Wildman–Crippen MR) is 85.8 cm³/mol. The maximum Gasteiger partial charge on any atom is 0.120 e. The number of benzene rings is 1. The molecule has 2 nitrogen and oxygen atoms in total. The zero-order valence-electron chi connectivity index (χ0n) is 12.7. The van der Waals surface area contributed by atoms with Gasteiger partial charge in [0, 0.05) is 5.02 Å². The van der Waals surface area contributed by atoms with E-state index in [2.05, 4.69) is 11.4 Å². The molecule has 1 N–H and O–H groups in total. The van der Waals surface area contributed by atoms with Crippen LogP contribution in [0.1, 0.15) is 44.1 Å². The topological polar surface area (TPSA) is 21.3 Å². The largest absolute Gasteiger partial charge is 0.497 e. The molecule has 3 heteroatoms. The molecule has 112 valence electrons. The van der Waals surface area contributed by atoms with E-state index in [-0.39, 0.29) is 0 Å². The fourth-order valence-electron chi connectivity index (χ4n) is 3.40. The maximum atomic E-state index is 6.35. The minimum Gasteiger partial charge on any atom is -0.497 e. The van der Waals surface area contributed by atoms with Crippen molar-refractivity contribution in [3.8, 4) is 5.75 Å². The van der Waals surface area contributed by atoms with Crippen molar-refractivity contribution in [3.05, 3.63) is 28.8 Å². The molecule has 0 unspecified atom stereocenters. The number of nitrogens with one attached hydrogen (secondary N) is 1. The second kappa shape index (κ2) is 7.33. The van der Waals surface area contributed by atoms with Gasteiger partial charge in [0.1, 0.15) is 5.75 Å². The Morgan fingerprint density at radius 3 is 2.60 bits per heavy atom. The van der Waals surface area contributed by atoms with Crippen molar-refractivity contribution < 1.29 is 4.74 Å². The van der Waals surface area contributed by atoms with E-state index in [4.69, 9.17) is 16.3 Å². The number of hydrogen-bond donors (Lipinski definition) is 1. The van der Waals surface area contributed by atoms with E-state index in [0.29, 0.717) is 5.41 Å². The average molecular weight is 296 g/mol. The van der Waals surface area contributed by atoms with Gasteiger partial charge in [-0.15, -0.1) is 0 Å². The molecule has 0 spiro atoms. The van der Waals surface area contributed by atoms with Crippen LogP contribution in [0.2, 0.25) is 5.02 Å². The summed E-state index contributed by atoms with van der Waals surface area (Å²) in [5.74, 6) is 0.838. The summed E-state index contributed by atoms with van der Waals surface area (Å²) in [6, 6.07) is 6.05. The van der Waals surface area contributed by atoms with Gasteiger partial charge in [-0.05, 0) is 68.8 Å². The van der Waals surface area contributed by atoms with Crippen LogP contribution in [0.25, 0.3) is 0 Å². The Morgan fingerprint density at radius 2 is 2.00 bits per heavy atom. The van der Waals surface area contributed by atoms with Crippen molar-refractivity contribution >= 4 is 11.6 Å². The van der Waals surface area contributed by atoms with Crippen molar-refractivity contribution in [3.63, 3.8) is 0 Å². The molecule has 1 aromatic carbocycles. The predicted octanol–water partition coefficient (Wildman–Crippen LogP) is 4.45. The number of halogens is 1. The van der Waals surface area contributed by atoms with Crippen LogP contribution in [-0.2, 0) is 6.42 Å². The summed E-state index contributed by atoms with van der Waals surface area (Å²) in [5.41, 5.74) is 1.79. The normalized spacial score (nSPS) is 17.4. The lowest BCUT2D eigenvalue weighted by molar-refractivity contribution is 0.247. The molecule has 1 aliphatic carbocycles. The third-order valence-corrected chi connectivity index (χ3v) is 5.11. The SMILES string of the molecule is CNCCC1(CCc2ccc(OC)cc2Cl)CCCC1. The van der Waals surface area contributed by atoms with Crippen LogP contribution in [0.5, 0.6) is 5.75 Å². The van der Waals surface area contributed by atoms with Gasteiger partial charge in [0.05, 0.1) is 7.11 Å². The van der Waals surface area contributed by atoms with Crippen molar-refractivity contribution in [1.29, 1.82) is 0 Å². The molecular formula is C17H26ClNO. The number of hydrogen-bond acceptors (Lipinski definition) is 2. The quantitative estimate of drug-likeness (QED) is 0.802. The van der Waals surface area contributed by atoms with Crippen LogP contribution in [0.15, 0.2) is 18.2 Å². The van der Waals surface area contributed by atoms with Gasteiger partial charge in [0.25, 0.3) is 0 Å². The molecule has 20 heavy (non-hydrogen) atoms. The lowest BCUT2D eigenvalue weighted by Gasteiger charge is -2.29. The molecular weight excluding hydrogens is 270 g/mol. The molecule has 1 aromatic rings. The number of aryl methyl sites for hydroxylation is 1. The van der Waals surface area contributed by atoms with Crippen LogP contribution in [-0.4, -0.2) is 20.7 Å². The molecule has 0 aromatic heterocycles. The maximum absolute atomic E-state index is 6.35. The molecule has 0 bridgehead atoms. The van der Waals surface area contributed by atoms with Gasteiger partial charge in [-0.3, -0.25) is 0 Å². The lowest BCUT2D eigenvalue weighted by atomic mass is 9.77. The molecule has 0 amide bonds. The first-order valence-corrected chi connectivity index (χ1v) is 8.04. The molecule has 1 aliphatic rings. The van der Waals surface area contributed by atoms with Gasteiger partial charge in [0.15, 0.2) is 0 Å². The summed E-state index contributed by atoms with van der Waals surface area (Å²) in [6.45, 7) is 1.12. The van der Waals surface area contributed by atoms with Crippen molar-refractivity contribution in [2.24, 2.45) is 5.41 Å². The van der Waals surface area contributed by atoms with Crippen LogP contribution in [0, 0.1) is 5.41 Å². The minimum atomic E-state index is 0.534. The van der Waals surface area contributed by atoms with Crippen molar-refractivity contribution in [1.82, 2.24) is 5.32 Å². The zero-order chi connectivity index (χ0) is 14.4. The van der Waals surface area contributed by atoms with Crippen molar-refractivity contribution in [2.45, 2.75) is 44.9 Å². The third kappa shape index (κ3) is 3.89. The lowest BCUT2D eigenvalue weighted by Crippen LogP contribution is -2.23. The summed E-state index contributed by atoms with van der Waals surface area (Å²) in [4.78, 5) is 0. The fraction of sp³-hybridized carbons (Fsp3) is 0.647. The molecule has 0 radical (unpaired) electrons. The number of ether oxygens (including phenoxy) is 1. The highest BCUT2D eigenvalue weighted by Crippen LogP contribution is 2.44. The first-order chi connectivity index (χ1) is 9.69. The van der Waals surface area contributed by atoms with E-state index in [0.717, 1.165) is 23.7 Å². The van der Waals surface area contributed by atoms with Gasteiger partial charge < -0.3 is 10.1 Å². The molecule has 0 aliphatic heterocycles. The highest BCUT2D eigenvalue weighted by atomic mass is 35.5. The molecule has 1 saturated carbocycles. The monoisotopic (exact) mass is 295 g/mol. The van der Waals surface area contributed by atoms with E-state index in [1.165, 1.54) is 44.1 Å². The Kier molecular flexibility index (Phi) is 5.74. The van der Waals surface area contributed by atoms with E-state index in [1.54, 1.807) is 7.11 Å². The Labute approximate surface area is 127 Å². The van der Waals surface area contributed by atoms with Gasteiger partial charge in [0.2, 0.25) is 0 Å². The number of rotatable bonds is 7. The highest BCUT2D eigenvalue weighted by Gasteiger charge is 2.32. The zero-order valence-corrected chi connectivity index (χ0v) is 13.4. The first-order valence-electron chi connectivity index (χ1n) is 7.66. The first kappa shape index (κ1) is 15.7. The second-order valence-corrected chi connectivity index (χ2v) is 6.43. The Morgan fingerprint density at radius 1 is 1.25 bits per heavy atom. The van der Waals surface area contributed by atoms with Gasteiger partial charge in [-0.25, -0.2) is 0 Å². The van der Waals surface area contributed by atoms with E-state index in [9.17, 15) is 0 Å². The minimum absolute atomic E-state index is 0.534. The summed E-state index contributed by atoms with van der Waals surface area (Å²) < 4.78 is 5.21. The summed E-state index contributed by atoms with van der Waals surface area (Å²) in [5, 5.41) is 4.14. The molecule has 0 atom stereocenters. The fourth-order valence-corrected chi connectivity index (χ4v) is 3.66. The Hall–Kier alpha value is -0.730. The molecule has 2 rings (SSSR count). The van der Waals surface area contributed by atoms with E-state index < -0.39 is 0 Å². The molecule has 1 fully saturated rings. The molecule has 0 heterocycles. The van der Waals surface area contributed by atoms with E-state index >= 15 is 0 Å². The third-order valence-electron chi connectivity index (χ3n) is 4.75. The van der Waals surface area contributed by atoms with Crippen molar-refractivity contribution in [2.75, 3.05) is 20.7 Å². The summed E-state index contributed by atoms with van der Waals surface area (Å²) in [6.07, 6.45) is 9.15. The Bertz CT molecular complexity index is 427. The summed E-state index contributed by atoms with van der Waals surface area (Å²) >= 11 is 6.35. The second-order valence-electron chi connectivity index (χ2n) is 6.02. The smallest absolute Gasteiger partial charge is 0.120 e. The molecule has 0 saturated heterocycles.